The van der Waals surface area contributed by atoms with Crippen molar-refractivity contribution in [2.24, 2.45) is 11.8 Å². The first-order valence-electron chi connectivity index (χ1n) is 7.59. The van der Waals surface area contributed by atoms with Crippen LogP contribution in [-0.4, -0.2) is 32.0 Å². The van der Waals surface area contributed by atoms with E-state index in [0.29, 0.717) is 17.5 Å². The van der Waals surface area contributed by atoms with Crippen LogP contribution in [0, 0.1) is 11.8 Å². The third-order valence-corrected chi connectivity index (χ3v) is 7.01. The van der Waals surface area contributed by atoms with Crippen LogP contribution in [0.15, 0.2) is 0 Å². The molecule has 0 aromatic heterocycles. The van der Waals surface area contributed by atoms with E-state index < -0.39 is 9.84 Å². The zero-order valence-electron chi connectivity index (χ0n) is 11.1. The summed E-state index contributed by atoms with van der Waals surface area (Å²) in [6.07, 6.45) is 10.4. The predicted molar refractivity (Wildman–Crippen MR) is 73.3 cm³/mol. The fraction of sp³-hybridized carbons (Fsp3) is 1.00. The summed E-state index contributed by atoms with van der Waals surface area (Å²) in [5, 5.41) is 3.63. The molecule has 3 nitrogen and oxygen atoms in total. The summed E-state index contributed by atoms with van der Waals surface area (Å²) in [6, 6.07) is 0.822. The molecular weight excluding hydrogens is 246 g/mol. The summed E-state index contributed by atoms with van der Waals surface area (Å²) in [6.45, 7) is 0. The van der Waals surface area contributed by atoms with Crippen LogP contribution in [-0.2, 0) is 9.84 Å². The van der Waals surface area contributed by atoms with E-state index in [1.165, 1.54) is 44.9 Å². The lowest BCUT2D eigenvalue weighted by Crippen LogP contribution is -2.44. The highest BCUT2D eigenvalue weighted by atomic mass is 32.2. The molecule has 0 amide bonds. The Morgan fingerprint density at radius 2 is 1.61 bits per heavy atom. The van der Waals surface area contributed by atoms with Crippen molar-refractivity contribution in [1.82, 2.24) is 5.32 Å². The van der Waals surface area contributed by atoms with Gasteiger partial charge in [-0.05, 0) is 37.5 Å². The Morgan fingerprint density at radius 3 is 2.33 bits per heavy atom. The Kier molecular flexibility index (Phi) is 3.68. The van der Waals surface area contributed by atoms with Gasteiger partial charge in [0.15, 0.2) is 9.84 Å². The topological polar surface area (TPSA) is 46.2 Å². The summed E-state index contributed by atoms with van der Waals surface area (Å²) in [5.41, 5.74) is 0. The minimum Gasteiger partial charge on any atom is -0.310 e. The molecule has 0 aromatic carbocycles. The molecule has 1 aliphatic heterocycles. The van der Waals surface area contributed by atoms with E-state index in [1.807, 2.05) is 0 Å². The average molecular weight is 271 g/mol. The van der Waals surface area contributed by atoms with Gasteiger partial charge in [0.05, 0.1) is 11.5 Å². The van der Waals surface area contributed by atoms with Gasteiger partial charge in [0, 0.05) is 12.1 Å². The molecule has 18 heavy (non-hydrogen) atoms. The molecule has 0 bridgehead atoms. The number of nitrogens with one attached hydrogen (secondary N) is 1. The molecule has 2 saturated carbocycles. The van der Waals surface area contributed by atoms with Gasteiger partial charge >= 0.3 is 0 Å². The van der Waals surface area contributed by atoms with Crippen molar-refractivity contribution in [1.29, 1.82) is 0 Å². The van der Waals surface area contributed by atoms with E-state index in [1.54, 1.807) is 0 Å². The third kappa shape index (κ3) is 2.90. The summed E-state index contributed by atoms with van der Waals surface area (Å²) < 4.78 is 22.9. The average Bonchev–Trinajstić information content (AvgIpc) is 2.68. The van der Waals surface area contributed by atoms with E-state index in [0.717, 1.165) is 18.3 Å². The van der Waals surface area contributed by atoms with Gasteiger partial charge in [0.25, 0.3) is 0 Å². The minimum atomic E-state index is -2.73. The molecule has 1 N–H and O–H groups in total. The number of sulfone groups is 1. The van der Waals surface area contributed by atoms with Crippen molar-refractivity contribution in [3.8, 4) is 0 Å². The van der Waals surface area contributed by atoms with Crippen molar-refractivity contribution in [2.45, 2.75) is 63.5 Å². The zero-order valence-corrected chi connectivity index (χ0v) is 11.9. The lowest BCUT2D eigenvalue weighted by Gasteiger charge is -2.40. The highest BCUT2D eigenvalue weighted by Crippen LogP contribution is 2.40. The normalized spacial score (nSPS) is 43.6. The molecule has 3 aliphatic rings. The molecule has 4 atom stereocenters. The first-order valence-corrected chi connectivity index (χ1v) is 9.41. The lowest BCUT2D eigenvalue weighted by atomic mass is 9.69. The summed E-state index contributed by atoms with van der Waals surface area (Å²) in [7, 11) is -2.73. The van der Waals surface area contributed by atoms with Crippen LogP contribution in [0.2, 0.25) is 0 Å². The second-order valence-corrected chi connectivity index (χ2v) is 8.81. The van der Waals surface area contributed by atoms with Gasteiger partial charge in [-0.1, -0.05) is 25.7 Å². The van der Waals surface area contributed by atoms with Gasteiger partial charge in [0.2, 0.25) is 0 Å². The first kappa shape index (κ1) is 12.9. The van der Waals surface area contributed by atoms with Crippen molar-refractivity contribution in [2.75, 3.05) is 11.5 Å². The second-order valence-electron chi connectivity index (χ2n) is 6.58. The van der Waals surface area contributed by atoms with Crippen LogP contribution < -0.4 is 5.32 Å². The van der Waals surface area contributed by atoms with Gasteiger partial charge in [-0.3, -0.25) is 0 Å². The van der Waals surface area contributed by atoms with E-state index in [2.05, 4.69) is 5.32 Å². The first-order chi connectivity index (χ1) is 8.62. The van der Waals surface area contributed by atoms with Gasteiger partial charge in [-0.25, -0.2) is 8.42 Å². The van der Waals surface area contributed by atoms with Crippen LogP contribution in [0.3, 0.4) is 0 Å². The molecule has 1 heterocycles. The van der Waals surface area contributed by atoms with Gasteiger partial charge in [-0.2, -0.15) is 0 Å². The summed E-state index contributed by atoms with van der Waals surface area (Å²) in [4.78, 5) is 0. The highest BCUT2D eigenvalue weighted by molar-refractivity contribution is 7.91. The van der Waals surface area contributed by atoms with Crippen LogP contribution in [0.1, 0.15) is 51.4 Å². The van der Waals surface area contributed by atoms with Crippen molar-refractivity contribution in [3.63, 3.8) is 0 Å². The van der Waals surface area contributed by atoms with Gasteiger partial charge in [0.1, 0.15) is 0 Å². The lowest BCUT2D eigenvalue weighted by molar-refractivity contribution is 0.140. The quantitative estimate of drug-likeness (QED) is 0.837. The molecule has 0 radical (unpaired) electrons. The molecule has 104 valence electrons. The fourth-order valence-corrected chi connectivity index (χ4v) is 5.97. The van der Waals surface area contributed by atoms with Crippen LogP contribution in [0.5, 0.6) is 0 Å². The van der Waals surface area contributed by atoms with Crippen LogP contribution >= 0.6 is 0 Å². The molecular formula is C14H25NO2S. The van der Waals surface area contributed by atoms with Crippen LogP contribution in [0.25, 0.3) is 0 Å². The molecule has 2 aliphatic carbocycles. The molecule has 0 aromatic rings. The van der Waals surface area contributed by atoms with Crippen molar-refractivity contribution < 1.29 is 8.42 Å². The number of hydrogen-bond donors (Lipinski definition) is 1. The maximum absolute atomic E-state index is 11.5. The maximum atomic E-state index is 11.5. The van der Waals surface area contributed by atoms with Crippen molar-refractivity contribution >= 4 is 9.84 Å². The molecule has 0 spiro atoms. The monoisotopic (exact) mass is 271 g/mol. The van der Waals surface area contributed by atoms with Gasteiger partial charge in [-0.15, -0.1) is 0 Å². The van der Waals surface area contributed by atoms with Gasteiger partial charge < -0.3 is 5.32 Å². The Hall–Kier alpha value is -0.0900. The smallest absolute Gasteiger partial charge is 0.151 e. The molecule has 3 fully saturated rings. The number of fused-ring (bicyclic) bond motifs is 1. The fourth-order valence-electron chi connectivity index (χ4n) is 4.28. The third-order valence-electron chi connectivity index (χ3n) is 5.24. The maximum Gasteiger partial charge on any atom is 0.151 e. The van der Waals surface area contributed by atoms with E-state index in [9.17, 15) is 8.42 Å². The number of rotatable bonds is 2. The van der Waals surface area contributed by atoms with E-state index >= 15 is 0 Å². The van der Waals surface area contributed by atoms with Crippen LogP contribution in [0.4, 0.5) is 0 Å². The highest BCUT2D eigenvalue weighted by Gasteiger charge is 2.35. The Balaban J connectivity index is 1.52. The largest absolute Gasteiger partial charge is 0.310 e. The van der Waals surface area contributed by atoms with Crippen molar-refractivity contribution in [3.05, 3.63) is 0 Å². The predicted octanol–water partition coefficient (Wildman–Crippen LogP) is 2.12. The molecule has 4 heteroatoms. The molecule has 1 saturated heterocycles. The Morgan fingerprint density at radius 1 is 0.833 bits per heavy atom. The molecule has 4 unspecified atom stereocenters. The van der Waals surface area contributed by atoms with E-state index in [4.69, 9.17) is 0 Å². The minimum absolute atomic E-state index is 0.236. The summed E-state index contributed by atoms with van der Waals surface area (Å²) >= 11 is 0. The van der Waals surface area contributed by atoms with E-state index in [-0.39, 0.29) is 6.04 Å². The summed E-state index contributed by atoms with van der Waals surface area (Å²) in [5.74, 6) is 2.66. The Labute approximate surface area is 111 Å². The standard InChI is InChI=1S/C14H25NO2S/c16-18(17)8-7-14(10-18)15-13-6-5-11-3-1-2-4-12(11)9-13/h11-15H,1-10H2. The number of hydrogen-bond acceptors (Lipinski definition) is 3. The second kappa shape index (κ2) is 5.12. The Bertz CT molecular complexity index is 393. The zero-order chi connectivity index (χ0) is 12.6. The SMILES string of the molecule is O=S1(=O)CCC(NC2CCC3CCCCC3C2)C1. The molecule has 3 rings (SSSR count).